The number of Topliss-reactive ketones (excluding diaryl/α,β-unsaturated/α-hetero) is 1. The van der Waals surface area contributed by atoms with E-state index in [0.717, 1.165) is 28.0 Å². The fourth-order valence-corrected chi connectivity index (χ4v) is 2.17. The van der Waals surface area contributed by atoms with Crippen LogP contribution < -0.4 is 0 Å². The number of fused-ring (bicyclic) bond motifs is 1. The number of imidazole rings is 1. The quantitative estimate of drug-likeness (QED) is 0.790. The van der Waals surface area contributed by atoms with E-state index in [2.05, 4.69) is 19.9 Å². The molecule has 0 radical (unpaired) electrons. The van der Waals surface area contributed by atoms with Crippen LogP contribution in [0.3, 0.4) is 0 Å². The Kier molecular flexibility index (Phi) is 3.02. The van der Waals surface area contributed by atoms with E-state index in [1.807, 2.05) is 31.2 Å². The van der Waals surface area contributed by atoms with Crippen LogP contribution in [0.15, 0.2) is 30.6 Å². The maximum atomic E-state index is 11.2. The summed E-state index contributed by atoms with van der Waals surface area (Å²) < 4.78 is 0. The highest BCUT2D eigenvalue weighted by molar-refractivity contribution is 5.81. The van der Waals surface area contributed by atoms with Crippen molar-refractivity contribution in [3.05, 3.63) is 42.1 Å². The highest BCUT2D eigenvalue weighted by atomic mass is 16.1. The molecule has 0 saturated heterocycles. The molecule has 0 saturated carbocycles. The van der Waals surface area contributed by atoms with Crippen LogP contribution in [0.1, 0.15) is 18.4 Å². The molecule has 0 unspecified atom stereocenters. The van der Waals surface area contributed by atoms with E-state index in [9.17, 15) is 4.79 Å². The highest BCUT2D eigenvalue weighted by Crippen LogP contribution is 2.21. The lowest BCUT2D eigenvalue weighted by molar-refractivity contribution is -0.116. The first-order valence-electron chi connectivity index (χ1n) is 6.39. The van der Waals surface area contributed by atoms with Crippen LogP contribution in [0.4, 0.5) is 0 Å². The molecule has 0 fully saturated rings. The van der Waals surface area contributed by atoms with E-state index in [-0.39, 0.29) is 12.2 Å². The van der Waals surface area contributed by atoms with Gasteiger partial charge in [-0.1, -0.05) is 6.07 Å². The van der Waals surface area contributed by atoms with Gasteiger partial charge in [-0.15, -0.1) is 0 Å². The van der Waals surface area contributed by atoms with E-state index in [0.29, 0.717) is 5.82 Å². The average molecular weight is 266 g/mol. The third kappa shape index (κ3) is 2.42. The lowest BCUT2D eigenvalue weighted by Gasteiger charge is -2.05. The van der Waals surface area contributed by atoms with Crippen LogP contribution >= 0.6 is 0 Å². The van der Waals surface area contributed by atoms with Crippen molar-refractivity contribution < 1.29 is 4.79 Å². The minimum atomic E-state index is 0.0607. The lowest BCUT2D eigenvalue weighted by Crippen LogP contribution is -2.04. The topological polar surface area (TPSA) is 71.5 Å². The van der Waals surface area contributed by atoms with E-state index in [4.69, 9.17) is 0 Å². The first-order valence-corrected chi connectivity index (χ1v) is 6.39. The van der Waals surface area contributed by atoms with Gasteiger partial charge in [-0.2, -0.15) is 0 Å². The van der Waals surface area contributed by atoms with Crippen LogP contribution in [-0.2, 0) is 11.2 Å². The molecule has 2 aromatic heterocycles. The number of aromatic nitrogens is 4. The van der Waals surface area contributed by atoms with Crippen LogP contribution in [0.5, 0.6) is 0 Å². The predicted octanol–water partition coefficient (Wildman–Crippen LogP) is 2.46. The van der Waals surface area contributed by atoms with Crippen molar-refractivity contribution in [3.63, 3.8) is 0 Å². The monoisotopic (exact) mass is 266 g/mol. The third-order valence-corrected chi connectivity index (χ3v) is 3.02. The fraction of sp³-hybridized carbons (Fsp3) is 0.200. The molecule has 20 heavy (non-hydrogen) atoms. The number of benzene rings is 1. The van der Waals surface area contributed by atoms with Crippen molar-refractivity contribution in [2.24, 2.45) is 0 Å². The van der Waals surface area contributed by atoms with Gasteiger partial charge < -0.3 is 4.98 Å². The molecule has 3 rings (SSSR count). The van der Waals surface area contributed by atoms with E-state index in [1.54, 1.807) is 13.3 Å². The van der Waals surface area contributed by atoms with Gasteiger partial charge >= 0.3 is 0 Å². The first kappa shape index (κ1) is 12.5. The zero-order chi connectivity index (χ0) is 14.1. The Morgan fingerprint density at radius 2 is 2.10 bits per heavy atom. The molecule has 0 aliphatic carbocycles. The minimum absolute atomic E-state index is 0.0607. The molecule has 0 bridgehead atoms. The Morgan fingerprint density at radius 3 is 2.90 bits per heavy atom. The molecule has 0 amide bonds. The van der Waals surface area contributed by atoms with Crippen molar-refractivity contribution in [3.8, 4) is 11.3 Å². The summed E-state index contributed by atoms with van der Waals surface area (Å²) in [6.07, 6.45) is 1.93. The third-order valence-electron chi connectivity index (χ3n) is 3.02. The Bertz CT molecular complexity index is 791. The molecule has 0 aliphatic rings. The Morgan fingerprint density at radius 1 is 1.25 bits per heavy atom. The van der Waals surface area contributed by atoms with Gasteiger partial charge in [-0.3, -0.25) is 4.79 Å². The summed E-state index contributed by atoms with van der Waals surface area (Å²) in [5.74, 6) is 0.628. The molecule has 0 atom stereocenters. The van der Waals surface area contributed by atoms with Gasteiger partial charge in [0.2, 0.25) is 0 Å². The van der Waals surface area contributed by atoms with Crippen LogP contribution in [0.2, 0.25) is 0 Å². The summed E-state index contributed by atoms with van der Waals surface area (Å²) >= 11 is 0. The second-order valence-electron chi connectivity index (χ2n) is 4.82. The molecule has 100 valence electrons. The van der Waals surface area contributed by atoms with Crippen molar-refractivity contribution in [1.82, 2.24) is 19.9 Å². The zero-order valence-electron chi connectivity index (χ0n) is 11.3. The minimum Gasteiger partial charge on any atom is -0.345 e. The number of H-pyrrole nitrogens is 1. The van der Waals surface area contributed by atoms with E-state index >= 15 is 0 Å². The molecule has 3 aromatic rings. The van der Waals surface area contributed by atoms with Gasteiger partial charge in [0.05, 0.1) is 29.5 Å². The zero-order valence-corrected chi connectivity index (χ0v) is 11.3. The number of aryl methyl sites for hydroxylation is 1. The Hall–Kier alpha value is -2.56. The Labute approximate surface area is 116 Å². The smallest absolute Gasteiger partial charge is 0.137 e. The molecule has 2 heterocycles. The highest BCUT2D eigenvalue weighted by Gasteiger charge is 2.08. The van der Waals surface area contributed by atoms with Gasteiger partial charge in [0.25, 0.3) is 0 Å². The average Bonchev–Trinajstić information content (AvgIpc) is 2.84. The number of nitrogens with one attached hydrogen (secondary N) is 1. The number of rotatable bonds is 3. The van der Waals surface area contributed by atoms with Crippen LogP contribution in [0, 0.1) is 6.92 Å². The summed E-state index contributed by atoms with van der Waals surface area (Å²) in [7, 11) is 0. The van der Waals surface area contributed by atoms with Gasteiger partial charge in [0.1, 0.15) is 11.6 Å². The fourth-order valence-electron chi connectivity index (χ4n) is 2.17. The number of nitrogens with zero attached hydrogens (tertiary/aromatic N) is 3. The summed E-state index contributed by atoms with van der Waals surface area (Å²) in [5.41, 5.74) is 4.55. The SMILES string of the molecule is CC(=O)Cc1nc(C)cc(-c2ccc3nc[nH]c3c2)n1. The molecular weight excluding hydrogens is 252 g/mol. The van der Waals surface area contributed by atoms with E-state index in [1.165, 1.54) is 0 Å². The predicted molar refractivity (Wildman–Crippen MR) is 76.2 cm³/mol. The van der Waals surface area contributed by atoms with Crippen LogP contribution in [-0.4, -0.2) is 25.7 Å². The molecule has 0 spiro atoms. The van der Waals surface area contributed by atoms with Gasteiger partial charge in [0.15, 0.2) is 0 Å². The number of hydrogen-bond acceptors (Lipinski definition) is 4. The molecule has 0 aliphatic heterocycles. The number of hydrogen-bond donors (Lipinski definition) is 1. The lowest BCUT2D eigenvalue weighted by atomic mass is 10.1. The summed E-state index contributed by atoms with van der Waals surface area (Å²) in [6, 6.07) is 7.84. The standard InChI is InChI=1S/C15H14N4O/c1-9-5-13(19-15(18-9)6-10(2)20)11-3-4-12-14(7-11)17-8-16-12/h3-5,7-8H,6H2,1-2H3,(H,16,17). The van der Waals surface area contributed by atoms with Crippen molar-refractivity contribution in [1.29, 1.82) is 0 Å². The largest absolute Gasteiger partial charge is 0.345 e. The summed E-state index contributed by atoms with van der Waals surface area (Å²) in [5, 5.41) is 0. The maximum Gasteiger partial charge on any atom is 0.137 e. The van der Waals surface area contributed by atoms with Crippen molar-refractivity contribution >= 4 is 16.8 Å². The number of aromatic amines is 1. The summed E-state index contributed by atoms with van der Waals surface area (Å²) in [4.78, 5) is 27.3. The second kappa shape index (κ2) is 4.85. The Balaban J connectivity index is 2.07. The molecule has 1 aromatic carbocycles. The number of carbonyl (C=O) groups excluding carboxylic acids is 1. The normalized spacial score (nSPS) is 10.9. The molecular formula is C15H14N4O. The maximum absolute atomic E-state index is 11.2. The van der Waals surface area contributed by atoms with Crippen LogP contribution in [0.25, 0.3) is 22.3 Å². The van der Waals surface area contributed by atoms with E-state index < -0.39 is 0 Å². The summed E-state index contributed by atoms with van der Waals surface area (Å²) in [6.45, 7) is 3.45. The number of carbonyl (C=O) groups is 1. The molecule has 5 nitrogen and oxygen atoms in total. The molecule has 1 N–H and O–H groups in total. The first-order chi connectivity index (χ1) is 9.61. The molecule has 5 heteroatoms. The van der Waals surface area contributed by atoms with Gasteiger partial charge in [0, 0.05) is 11.3 Å². The number of ketones is 1. The second-order valence-corrected chi connectivity index (χ2v) is 4.82. The van der Waals surface area contributed by atoms with Crippen molar-refractivity contribution in [2.45, 2.75) is 20.3 Å². The van der Waals surface area contributed by atoms with Gasteiger partial charge in [-0.05, 0) is 32.0 Å². The van der Waals surface area contributed by atoms with Gasteiger partial charge in [-0.25, -0.2) is 15.0 Å². The van der Waals surface area contributed by atoms with Crippen molar-refractivity contribution in [2.75, 3.05) is 0 Å².